The van der Waals surface area contributed by atoms with Crippen molar-refractivity contribution in [2.45, 2.75) is 37.0 Å². The second-order valence-electron chi connectivity index (χ2n) is 6.52. The molecule has 2 atom stereocenters. The van der Waals surface area contributed by atoms with Crippen molar-refractivity contribution in [3.8, 4) is 11.5 Å². The van der Waals surface area contributed by atoms with Crippen LogP contribution in [0.5, 0.6) is 11.5 Å². The molecule has 4 heteroatoms. The maximum atomic E-state index is 12.4. The van der Waals surface area contributed by atoms with E-state index in [-0.39, 0.29) is 5.91 Å². The fourth-order valence-electron chi connectivity index (χ4n) is 3.40. The van der Waals surface area contributed by atoms with Crippen molar-refractivity contribution >= 4 is 23.7 Å². The van der Waals surface area contributed by atoms with E-state index in [2.05, 4.69) is 5.32 Å². The number of carbonyl (C=O) groups is 1. The molecule has 1 aliphatic carbocycles. The summed E-state index contributed by atoms with van der Waals surface area (Å²) in [5.41, 5.74) is 0.986. The highest BCUT2D eigenvalue weighted by Gasteiger charge is 2.34. The predicted molar refractivity (Wildman–Crippen MR) is 103 cm³/mol. The first kappa shape index (κ1) is 16.3. The third-order valence-electron chi connectivity index (χ3n) is 4.66. The monoisotopic (exact) mass is 351 g/mol. The van der Waals surface area contributed by atoms with Crippen LogP contribution in [0.25, 0.3) is 6.08 Å². The molecule has 1 amide bonds. The minimum absolute atomic E-state index is 0.0579. The van der Waals surface area contributed by atoms with Gasteiger partial charge in [-0.1, -0.05) is 43.2 Å². The van der Waals surface area contributed by atoms with Gasteiger partial charge in [-0.25, -0.2) is 0 Å². The Kier molecular flexibility index (Phi) is 4.79. The Morgan fingerprint density at radius 1 is 1.00 bits per heavy atom. The summed E-state index contributed by atoms with van der Waals surface area (Å²) in [5.74, 6) is 1.64. The Balaban J connectivity index is 1.52. The molecule has 0 radical (unpaired) electrons. The highest BCUT2D eigenvalue weighted by molar-refractivity contribution is 8.04. The van der Waals surface area contributed by atoms with Gasteiger partial charge in [-0.3, -0.25) is 4.79 Å². The van der Waals surface area contributed by atoms with E-state index in [9.17, 15) is 4.79 Å². The zero-order valence-electron chi connectivity index (χ0n) is 14.0. The van der Waals surface area contributed by atoms with Gasteiger partial charge in [0.25, 0.3) is 5.91 Å². The number of hydrogen-bond donors (Lipinski definition) is 1. The summed E-state index contributed by atoms with van der Waals surface area (Å²) in [6.07, 6.45) is 6.75. The van der Waals surface area contributed by atoms with Crippen molar-refractivity contribution in [3.05, 3.63) is 65.1 Å². The number of rotatable bonds is 3. The Labute approximate surface area is 152 Å². The van der Waals surface area contributed by atoms with Gasteiger partial charge in [0.2, 0.25) is 0 Å². The summed E-state index contributed by atoms with van der Waals surface area (Å²) in [4.78, 5) is 13.2. The summed E-state index contributed by atoms with van der Waals surface area (Å²) >= 11 is 1.74. The quantitative estimate of drug-likeness (QED) is 0.791. The first-order valence-corrected chi connectivity index (χ1v) is 9.68. The third kappa shape index (κ3) is 3.90. The summed E-state index contributed by atoms with van der Waals surface area (Å²) in [6, 6.07) is 17.9. The molecule has 2 aromatic carbocycles. The Hall–Kier alpha value is -2.20. The predicted octanol–water partition coefficient (Wildman–Crippen LogP) is 4.99. The number of thioether (sulfide) groups is 1. The van der Waals surface area contributed by atoms with E-state index in [1.54, 1.807) is 11.8 Å². The van der Waals surface area contributed by atoms with E-state index in [4.69, 9.17) is 4.74 Å². The van der Waals surface area contributed by atoms with E-state index < -0.39 is 0 Å². The zero-order chi connectivity index (χ0) is 17.1. The van der Waals surface area contributed by atoms with E-state index in [1.807, 2.05) is 60.7 Å². The molecule has 1 heterocycles. The highest BCUT2D eigenvalue weighted by atomic mass is 32.2. The minimum Gasteiger partial charge on any atom is -0.457 e. The van der Waals surface area contributed by atoms with Crippen molar-refractivity contribution in [1.82, 2.24) is 5.32 Å². The molecular formula is C21H21NO2S. The number of amides is 1. The highest BCUT2D eigenvalue weighted by Crippen LogP contribution is 2.38. The van der Waals surface area contributed by atoms with Crippen molar-refractivity contribution in [3.63, 3.8) is 0 Å². The van der Waals surface area contributed by atoms with Crippen LogP contribution in [0, 0.1) is 0 Å². The molecule has 128 valence electrons. The molecule has 0 spiro atoms. The molecule has 25 heavy (non-hydrogen) atoms. The molecule has 1 N–H and O–H groups in total. The lowest BCUT2D eigenvalue weighted by Crippen LogP contribution is -2.48. The van der Waals surface area contributed by atoms with Gasteiger partial charge in [0.05, 0.1) is 4.91 Å². The average Bonchev–Trinajstić information content (AvgIpc) is 2.63. The average molecular weight is 351 g/mol. The lowest BCUT2D eigenvalue weighted by Gasteiger charge is -2.36. The summed E-state index contributed by atoms with van der Waals surface area (Å²) in [7, 11) is 0. The van der Waals surface area contributed by atoms with Gasteiger partial charge in [0.15, 0.2) is 0 Å². The van der Waals surface area contributed by atoms with E-state index >= 15 is 0 Å². The molecule has 2 fully saturated rings. The van der Waals surface area contributed by atoms with E-state index in [0.717, 1.165) is 28.4 Å². The first-order valence-electron chi connectivity index (χ1n) is 8.80. The van der Waals surface area contributed by atoms with Crippen molar-refractivity contribution in [2.75, 3.05) is 0 Å². The van der Waals surface area contributed by atoms with Gasteiger partial charge in [0.1, 0.15) is 11.5 Å². The van der Waals surface area contributed by atoms with E-state index in [0.29, 0.717) is 11.3 Å². The van der Waals surface area contributed by atoms with Crippen LogP contribution in [0.3, 0.4) is 0 Å². The molecule has 0 bridgehead atoms. The second-order valence-corrected chi connectivity index (χ2v) is 7.80. The normalized spacial score (nSPS) is 24.5. The van der Waals surface area contributed by atoms with Crippen LogP contribution in [0.2, 0.25) is 0 Å². The summed E-state index contributed by atoms with van der Waals surface area (Å²) < 4.78 is 5.88. The Bertz CT molecular complexity index is 787. The SMILES string of the molecule is O=C1NC2CCCCC2S/C1=C\c1cccc(Oc2ccccc2)c1. The second kappa shape index (κ2) is 7.36. The number of benzene rings is 2. The molecular weight excluding hydrogens is 330 g/mol. The van der Waals surface area contributed by atoms with Gasteiger partial charge in [0, 0.05) is 11.3 Å². The maximum Gasteiger partial charge on any atom is 0.257 e. The molecule has 2 unspecified atom stereocenters. The molecule has 1 saturated heterocycles. The van der Waals surface area contributed by atoms with Gasteiger partial charge in [-0.2, -0.15) is 0 Å². The zero-order valence-corrected chi connectivity index (χ0v) is 14.8. The van der Waals surface area contributed by atoms with Crippen LogP contribution in [-0.4, -0.2) is 17.2 Å². The van der Waals surface area contributed by atoms with Crippen molar-refractivity contribution < 1.29 is 9.53 Å². The Morgan fingerprint density at radius 2 is 1.80 bits per heavy atom. The largest absolute Gasteiger partial charge is 0.457 e. The summed E-state index contributed by atoms with van der Waals surface area (Å²) in [6.45, 7) is 0. The minimum atomic E-state index is 0.0579. The van der Waals surface area contributed by atoms with Crippen LogP contribution >= 0.6 is 11.8 Å². The number of nitrogens with one attached hydrogen (secondary N) is 1. The molecule has 0 aromatic heterocycles. The lowest BCUT2D eigenvalue weighted by molar-refractivity contribution is -0.117. The fraction of sp³-hybridized carbons (Fsp3) is 0.286. The number of ether oxygens (including phenoxy) is 1. The molecule has 2 aliphatic rings. The number of para-hydroxylation sites is 1. The fourth-order valence-corrected chi connectivity index (χ4v) is 4.75. The van der Waals surface area contributed by atoms with Gasteiger partial charge >= 0.3 is 0 Å². The van der Waals surface area contributed by atoms with Crippen LogP contribution in [0.4, 0.5) is 0 Å². The molecule has 1 aliphatic heterocycles. The Morgan fingerprint density at radius 3 is 2.68 bits per heavy atom. The van der Waals surface area contributed by atoms with Gasteiger partial charge in [-0.15, -0.1) is 11.8 Å². The number of fused-ring (bicyclic) bond motifs is 1. The van der Waals surface area contributed by atoms with Crippen molar-refractivity contribution in [1.29, 1.82) is 0 Å². The smallest absolute Gasteiger partial charge is 0.257 e. The first-order chi connectivity index (χ1) is 12.3. The van der Waals surface area contributed by atoms with Crippen LogP contribution in [-0.2, 0) is 4.79 Å². The van der Waals surface area contributed by atoms with Gasteiger partial charge in [-0.05, 0) is 48.7 Å². The van der Waals surface area contributed by atoms with Crippen LogP contribution in [0.15, 0.2) is 59.5 Å². The molecule has 2 aromatic rings. The molecule has 4 rings (SSSR count). The van der Waals surface area contributed by atoms with Gasteiger partial charge < -0.3 is 10.1 Å². The standard InChI is InChI=1S/C21H21NO2S/c23-21-20(25-19-12-5-4-11-18(19)22-21)14-15-7-6-10-17(13-15)24-16-8-2-1-3-9-16/h1-3,6-10,13-14,18-19H,4-5,11-12H2,(H,22,23)/b20-14-. The molecule has 3 nitrogen and oxygen atoms in total. The van der Waals surface area contributed by atoms with Crippen molar-refractivity contribution in [2.24, 2.45) is 0 Å². The third-order valence-corrected chi connectivity index (χ3v) is 6.08. The number of carbonyl (C=O) groups excluding carboxylic acids is 1. The van der Waals surface area contributed by atoms with Crippen LogP contribution < -0.4 is 10.1 Å². The summed E-state index contributed by atoms with van der Waals surface area (Å²) in [5, 5.41) is 3.70. The van der Waals surface area contributed by atoms with E-state index in [1.165, 1.54) is 19.3 Å². The number of hydrogen-bond acceptors (Lipinski definition) is 3. The lowest BCUT2D eigenvalue weighted by atomic mass is 9.94. The van der Waals surface area contributed by atoms with Crippen LogP contribution in [0.1, 0.15) is 31.2 Å². The topological polar surface area (TPSA) is 38.3 Å². The molecule has 1 saturated carbocycles. The maximum absolute atomic E-state index is 12.4.